The lowest BCUT2D eigenvalue weighted by Crippen LogP contribution is -2.44. The Balaban J connectivity index is 1.40. The maximum Gasteiger partial charge on any atom is 0.0593 e. The SMILES string of the molecule is C1CC(CCOCCN2CCNCC2)C1. The number of nitrogens with zero attached hydrogens (tertiary/aromatic N) is 1. The van der Waals surface area contributed by atoms with Gasteiger partial charge in [0.05, 0.1) is 6.61 Å². The lowest BCUT2D eigenvalue weighted by Gasteiger charge is -2.27. The quantitative estimate of drug-likeness (QED) is 0.667. The Kier molecular flexibility index (Phi) is 4.90. The van der Waals surface area contributed by atoms with E-state index < -0.39 is 0 Å². The summed E-state index contributed by atoms with van der Waals surface area (Å²) in [6, 6.07) is 0. The third-order valence-corrected chi connectivity index (χ3v) is 3.66. The number of rotatable bonds is 6. The smallest absolute Gasteiger partial charge is 0.0593 e. The first-order valence-corrected chi connectivity index (χ1v) is 6.46. The van der Waals surface area contributed by atoms with Crippen molar-refractivity contribution in [2.75, 3.05) is 45.9 Å². The van der Waals surface area contributed by atoms with Crippen molar-refractivity contribution in [1.29, 1.82) is 0 Å². The minimum Gasteiger partial charge on any atom is -0.380 e. The molecular formula is C12H24N2O. The van der Waals surface area contributed by atoms with Gasteiger partial charge < -0.3 is 10.1 Å². The predicted octanol–water partition coefficient (Wildman–Crippen LogP) is 1.10. The molecule has 0 radical (unpaired) electrons. The summed E-state index contributed by atoms with van der Waals surface area (Å²) in [6.45, 7) is 7.68. The molecule has 0 spiro atoms. The van der Waals surface area contributed by atoms with E-state index in [0.717, 1.165) is 38.8 Å². The number of ether oxygens (including phenoxy) is 1. The van der Waals surface area contributed by atoms with Crippen LogP contribution in [0.5, 0.6) is 0 Å². The van der Waals surface area contributed by atoms with E-state index in [1.807, 2.05) is 0 Å². The van der Waals surface area contributed by atoms with Crippen LogP contribution in [0.2, 0.25) is 0 Å². The molecule has 15 heavy (non-hydrogen) atoms. The Morgan fingerprint density at radius 2 is 1.93 bits per heavy atom. The molecule has 1 aliphatic heterocycles. The molecule has 0 amide bonds. The molecule has 1 saturated heterocycles. The highest BCUT2D eigenvalue weighted by Crippen LogP contribution is 2.28. The molecule has 0 aromatic carbocycles. The topological polar surface area (TPSA) is 24.5 Å². The maximum atomic E-state index is 5.68. The van der Waals surface area contributed by atoms with Crippen molar-refractivity contribution in [2.24, 2.45) is 5.92 Å². The van der Waals surface area contributed by atoms with Crippen molar-refractivity contribution >= 4 is 0 Å². The summed E-state index contributed by atoms with van der Waals surface area (Å²) in [7, 11) is 0. The summed E-state index contributed by atoms with van der Waals surface area (Å²) in [4.78, 5) is 2.49. The molecule has 1 saturated carbocycles. The van der Waals surface area contributed by atoms with Crippen LogP contribution in [0, 0.1) is 5.92 Å². The molecule has 0 bridgehead atoms. The first kappa shape index (κ1) is 11.4. The van der Waals surface area contributed by atoms with E-state index in [-0.39, 0.29) is 0 Å². The van der Waals surface area contributed by atoms with Crippen LogP contribution in [0.1, 0.15) is 25.7 Å². The highest BCUT2D eigenvalue weighted by Gasteiger charge is 2.16. The fourth-order valence-corrected chi connectivity index (χ4v) is 2.26. The van der Waals surface area contributed by atoms with Gasteiger partial charge in [0, 0.05) is 39.3 Å². The normalized spacial score (nSPS) is 24.0. The van der Waals surface area contributed by atoms with Gasteiger partial charge in [0.25, 0.3) is 0 Å². The molecule has 3 heteroatoms. The number of hydrogen-bond acceptors (Lipinski definition) is 3. The van der Waals surface area contributed by atoms with Crippen LogP contribution in [-0.2, 0) is 4.74 Å². The van der Waals surface area contributed by atoms with Gasteiger partial charge in [-0.2, -0.15) is 0 Å². The van der Waals surface area contributed by atoms with Crippen molar-refractivity contribution in [3.05, 3.63) is 0 Å². The molecular weight excluding hydrogens is 188 g/mol. The van der Waals surface area contributed by atoms with Gasteiger partial charge in [0.15, 0.2) is 0 Å². The molecule has 88 valence electrons. The molecule has 2 fully saturated rings. The molecule has 0 aromatic heterocycles. The zero-order valence-electron chi connectivity index (χ0n) is 9.71. The Morgan fingerprint density at radius 1 is 1.13 bits per heavy atom. The second kappa shape index (κ2) is 6.46. The lowest BCUT2D eigenvalue weighted by molar-refractivity contribution is 0.0814. The zero-order valence-corrected chi connectivity index (χ0v) is 9.71. The Hall–Kier alpha value is -0.120. The first-order valence-electron chi connectivity index (χ1n) is 6.46. The van der Waals surface area contributed by atoms with Gasteiger partial charge in [-0.15, -0.1) is 0 Å². The van der Waals surface area contributed by atoms with Crippen LogP contribution in [0.25, 0.3) is 0 Å². The molecule has 2 aliphatic rings. The van der Waals surface area contributed by atoms with E-state index in [1.165, 1.54) is 38.8 Å². The minimum atomic E-state index is 0.923. The third-order valence-electron chi connectivity index (χ3n) is 3.66. The summed E-state index contributed by atoms with van der Waals surface area (Å²) in [6.07, 6.45) is 5.63. The molecule has 0 unspecified atom stereocenters. The molecule has 1 N–H and O–H groups in total. The fraction of sp³-hybridized carbons (Fsp3) is 1.00. The molecule has 0 aromatic rings. The van der Waals surface area contributed by atoms with Gasteiger partial charge in [0.2, 0.25) is 0 Å². The second-order valence-corrected chi connectivity index (χ2v) is 4.79. The van der Waals surface area contributed by atoms with Crippen LogP contribution < -0.4 is 5.32 Å². The third kappa shape index (κ3) is 4.09. The molecule has 2 rings (SSSR count). The van der Waals surface area contributed by atoms with E-state index in [2.05, 4.69) is 10.2 Å². The number of nitrogens with one attached hydrogen (secondary N) is 1. The van der Waals surface area contributed by atoms with Gasteiger partial charge in [-0.3, -0.25) is 4.90 Å². The minimum absolute atomic E-state index is 0.923. The molecule has 1 aliphatic carbocycles. The zero-order chi connectivity index (χ0) is 10.3. The summed E-state index contributed by atoms with van der Waals surface area (Å²) < 4.78 is 5.68. The monoisotopic (exact) mass is 212 g/mol. The highest BCUT2D eigenvalue weighted by atomic mass is 16.5. The van der Waals surface area contributed by atoms with E-state index in [0.29, 0.717) is 0 Å². The van der Waals surface area contributed by atoms with Crippen LogP contribution in [0.15, 0.2) is 0 Å². The van der Waals surface area contributed by atoms with Gasteiger partial charge >= 0.3 is 0 Å². The van der Waals surface area contributed by atoms with E-state index in [1.54, 1.807) is 0 Å². The first-order chi connectivity index (χ1) is 7.45. The van der Waals surface area contributed by atoms with Gasteiger partial charge in [0.1, 0.15) is 0 Å². The Labute approximate surface area is 93.2 Å². The Bertz CT molecular complexity index is 165. The summed E-state index contributed by atoms with van der Waals surface area (Å²) in [5.74, 6) is 0.990. The van der Waals surface area contributed by atoms with Crippen molar-refractivity contribution in [2.45, 2.75) is 25.7 Å². The lowest BCUT2D eigenvalue weighted by atomic mass is 9.83. The largest absolute Gasteiger partial charge is 0.380 e. The second-order valence-electron chi connectivity index (χ2n) is 4.79. The van der Waals surface area contributed by atoms with Gasteiger partial charge in [-0.05, 0) is 12.3 Å². The Morgan fingerprint density at radius 3 is 2.60 bits per heavy atom. The highest BCUT2D eigenvalue weighted by molar-refractivity contribution is 4.69. The molecule has 3 nitrogen and oxygen atoms in total. The summed E-state index contributed by atoms with van der Waals surface area (Å²) in [5.41, 5.74) is 0. The van der Waals surface area contributed by atoms with E-state index >= 15 is 0 Å². The van der Waals surface area contributed by atoms with Gasteiger partial charge in [-0.1, -0.05) is 19.3 Å². The summed E-state index contributed by atoms with van der Waals surface area (Å²) >= 11 is 0. The van der Waals surface area contributed by atoms with Crippen molar-refractivity contribution < 1.29 is 4.74 Å². The van der Waals surface area contributed by atoms with E-state index in [9.17, 15) is 0 Å². The average Bonchev–Trinajstić information content (AvgIpc) is 2.22. The fourth-order valence-electron chi connectivity index (χ4n) is 2.26. The molecule has 0 atom stereocenters. The van der Waals surface area contributed by atoms with Crippen LogP contribution in [0.3, 0.4) is 0 Å². The van der Waals surface area contributed by atoms with Crippen molar-refractivity contribution in [1.82, 2.24) is 10.2 Å². The van der Waals surface area contributed by atoms with E-state index in [4.69, 9.17) is 4.74 Å². The van der Waals surface area contributed by atoms with Gasteiger partial charge in [-0.25, -0.2) is 0 Å². The number of piperazine rings is 1. The maximum absolute atomic E-state index is 5.68. The number of hydrogen-bond donors (Lipinski definition) is 1. The standard InChI is InChI=1S/C12H24N2O/c1-2-12(3-1)4-10-15-11-9-14-7-5-13-6-8-14/h12-13H,1-11H2. The van der Waals surface area contributed by atoms with Crippen molar-refractivity contribution in [3.8, 4) is 0 Å². The van der Waals surface area contributed by atoms with Crippen LogP contribution in [-0.4, -0.2) is 50.8 Å². The average molecular weight is 212 g/mol. The van der Waals surface area contributed by atoms with Crippen molar-refractivity contribution in [3.63, 3.8) is 0 Å². The summed E-state index contributed by atoms with van der Waals surface area (Å²) in [5, 5.41) is 3.36. The predicted molar refractivity (Wildman–Crippen MR) is 62.1 cm³/mol. The molecule has 1 heterocycles. The van der Waals surface area contributed by atoms with Crippen LogP contribution >= 0.6 is 0 Å². The van der Waals surface area contributed by atoms with Crippen LogP contribution in [0.4, 0.5) is 0 Å².